The minimum absolute atomic E-state index is 0.0985. The molecule has 34 heavy (non-hydrogen) atoms. The number of carbonyl (C=O) groups excluding carboxylic acids is 1. The molecule has 2 aliphatic heterocycles. The number of amides is 1. The van der Waals surface area contributed by atoms with Gasteiger partial charge in [0, 0.05) is 30.7 Å². The number of nitrogens with zero attached hydrogens (tertiary/aromatic N) is 3. The molecule has 0 saturated carbocycles. The van der Waals surface area contributed by atoms with Crippen LogP contribution in [0.1, 0.15) is 31.0 Å². The van der Waals surface area contributed by atoms with E-state index >= 15 is 0 Å². The number of carbonyl (C=O) groups is 1. The quantitative estimate of drug-likeness (QED) is 0.554. The van der Waals surface area contributed by atoms with Crippen LogP contribution in [0.25, 0.3) is 0 Å². The number of methoxy groups -OCH3 is 2. The predicted molar refractivity (Wildman–Crippen MR) is 126 cm³/mol. The van der Waals surface area contributed by atoms with E-state index in [1.54, 1.807) is 38.5 Å². The molecule has 2 unspecified atom stereocenters. The number of morpholine rings is 1. The summed E-state index contributed by atoms with van der Waals surface area (Å²) < 4.78 is 22.8. The van der Waals surface area contributed by atoms with E-state index in [0.717, 1.165) is 18.7 Å². The van der Waals surface area contributed by atoms with E-state index in [9.17, 15) is 10.1 Å². The smallest absolute Gasteiger partial charge is 0.266 e. The Labute approximate surface area is 200 Å². The van der Waals surface area contributed by atoms with Gasteiger partial charge in [0.25, 0.3) is 5.91 Å². The van der Waals surface area contributed by atoms with Crippen LogP contribution in [0, 0.1) is 11.3 Å². The highest BCUT2D eigenvalue weighted by Gasteiger charge is 2.53. The number of hydrogen-bond acceptors (Lipinski definition) is 7. The topological polar surface area (TPSA) is 84.3 Å². The average molecular weight is 466 g/mol. The molecule has 1 amide bonds. The zero-order chi connectivity index (χ0) is 24.3. The molecule has 2 heterocycles. The number of rotatable bonds is 8. The second-order valence-corrected chi connectivity index (χ2v) is 9.11. The van der Waals surface area contributed by atoms with Crippen molar-refractivity contribution < 1.29 is 23.7 Å². The minimum atomic E-state index is -0.740. The van der Waals surface area contributed by atoms with Crippen LogP contribution in [0.4, 0.5) is 0 Å². The number of hydrogen-bond donors (Lipinski definition) is 0. The van der Waals surface area contributed by atoms with Crippen molar-refractivity contribution in [3.8, 4) is 23.3 Å². The third-order valence-corrected chi connectivity index (χ3v) is 6.56. The lowest BCUT2D eigenvalue weighted by Gasteiger charge is -2.52. The normalized spacial score (nSPS) is 20.9. The standard InChI is InChI=1S/C26H31N3O5/c1-26(2,28-10-12-33-13-11-28)17-29-23(21-15-19(31-3)8-9-22(21)32-4)24(25(29)30)34-20-7-5-6-18(14-20)16-27/h5-9,14-15,23-24H,10-13,17H2,1-4H3. The van der Waals surface area contributed by atoms with Crippen molar-refractivity contribution in [3.63, 3.8) is 0 Å². The van der Waals surface area contributed by atoms with Crippen molar-refractivity contribution in [2.45, 2.75) is 31.5 Å². The van der Waals surface area contributed by atoms with Crippen LogP contribution in [0.15, 0.2) is 42.5 Å². The van der Waals surface area contributed by atoms with E-state index in [2.05, 4.69) is 24.8 Å². The molecule has 0 aromatic heterocycles. The first-order chi connectivity index (χ1) is 16.4. The highest BCUT2D eigenvalue weighted by atomic mass is 16.5. The molecular weight excluding hydrogens is 434 g/mol. The van der Waals surface area contributed by atoms with Crippen molar-refractivity contribution >= 4 is 5.91 Å². The monoisotopic (exact) mass is 465 g/mol. The Hall–Kier alpha value is -3.28. The summed E-state index contributed by atoms with van der Waals surface area (Å²) in [4.78, 5) is 17.6. The lowest BCUT2D eigenvalue weighted by Crippen LogP contribution is -2.66. The molecule has 180 valence electrons. The first-order valence-electron chi connectivity index (χ1n) is 11.4. The molecule has 2 fully saturated rings. The molecule has 2 saturated heterocycles. The molecule has 8 nitrogen and oxygen atoms in total. The zero-order valence-electron chi connectivity index (χ0n) is 20.1. The van der Waals surface area contributed by atoms with E-state index in [4.69, 9.17) is 18.9 Å². The number of ether oxygens (including phenoxy) is 4. The Morgan fingerprint density at radius 3 is 2.53 bits per heavy atom. The fraction of sp³-hybridized carbons (Fsp3) is 0.462. The summed E-state index contributed by atoms with van der Waals surface area (Å²) >= 11 is 0. The number of nitriles is 1. The van der Waals surface area contributed by atoms with Gasteiger partial charge in [-0.05, 0) is 50.2 Å². The molecule has 0 spiro atoms. The van der Waals surface area contributed by atoms with Crippen molar-refractivity contribution in [1.82, 2.24) is 9.80 Å². The maximum Gasteiger partial charge on any atom is 0.266 e. The maximum absolute atomic E-state index is 13.4. The number of β-lactam (4-membered cyclic amide) rings is 1. The van der Waals surface area contributed by atoms with Crippen molar-refractivity contribution in [2.75, 3.05) is 47.1 Å². The summed E-state index contributed by atoms with van der Waals surface area (Å²) in [5.74, 6) is 1.72. The Morgan fingerprint density at radius 1 is 1.09 bits per heavy atom. The van der Waals surface area contributed by atoms with Crippen molar-refractivity contribution in [3.05, 3.63) is 53.6 Å². The van der Waals surface area contributed by atoms with Crippen LogP contribution < -0.4 is 14.2 Å². The van der Waals surface area contributed by atoms with Gasteiger partial charge in [0.1, 0.15) is 23.3 Å². The highest BCUT2D eigenvalue weighted by Crippen LogP contribution is 2.44. The summed E-state index contributed by atoms with van der Waals surface area (Å²) in [5, 5.41) is 9.24. The molecule has 2 aromatic rings. The molecule has 2 aliphatic rings. The van der Waals surface area contributed by atoms with E-state index in [-0.39, 0.29) is 17.5 Å². The first kappa shape index (κ1) is 23.9. The van der Waals surface area contributed by atoms with Gasteiger partial charge in [-0.25, -0.2) is 0 Å². The van der Waals surface area contributed by atoms with Gasteiger partial charge in [-0.1, -0.05) is 6.07 Å². The lowest BCUT2D eigenvalue weighted by molar-refractivity contribution is -0.168. The average Bonchev–Trinajstić information content (AvgIpc) is 2.88. The van der Waals surface area contributed by atoms with Gasteiger partial charge in [0.15, 0.2) is 0 Å². The van der Waals surface area contributed by atoms with Gasteiger partial charge >= 0.3 is 0 Å². The Balaban J connectivity index is 1.67. The molecular formula is C26H31N3O5. The van der Waals surface area contributed by atoms with Crippen LogP contribution in [-0.2, 0) is 9.53 Å². The molecule has 0 N–H and O–H groups in total. The number of likely N-dealkylation sites (tertiary alicyclic amines) is 1. The van der Waals surface area contributed by atoms with Gasteiger partial charge in [-0.2, -0.15) is 5.26 Å². The van der Waals surface area contributed by atoms with E-state index in [1.807, 2.05) is 23.1 Å². The van der Waals surface area contributed by atoms with Crippen LogP contribution >= 0.6 is 0 Å². The summed E-state index contributed by atoms with van der Waals surface area (Å²) in [6, 6.07) is 14.2. The molecule has 4 rings (SSSR count). The second kappa shape index (κ2) is 9.92. The van der Waals surface area contributed by atoms with Crippen molar-refractivity contribution in [1.29, 1.82) is 5.26 Å². The van der Waals surface area contributed by atoms with E-state index < -0.39 is 6.10 Å². The van der Waals surface area contributed by atoms with Crippen LogP contribution in [-0.4, -0.2) is 74.4 Å². The van der Waals surface area contributed by atoms with E-state index in [0.29, 0.717) is 42.6 Å². The van der Waals surface area contributed by atoms with Crippen LogP contribution in [0.5, 0.6) is 17.2 Å². The molecule has 8 heteroatoms. The molecule has 2 aromatic carbocycles. The van der Waals surface area contributed by atoms with Gasteiger partial charge < -0.3 is 23.8 Å². The Kier molecular flexibility index (Phi) is 6.96. The van der Waals surface area contributed by atoms with Crippen molar-refractivity contribution in [2.24, 2.45) is 0 Å². The highest BCUT2D eigenvalue weighted by molar-refractivity contribution is 5.89. The van der Waals surface area contributed by atoms with Gasteiger partial charge in [0.05, 0.1) is 39.1 Å². The van der Waals surface area contributed by atoms with Crippen LogP contribution in [0.2, 0.25) is 0 Å². The fourth-order valence-electron chi connectivity index (χ4n) is 4.68. The van der Waals surface area contributed by atoms with Gasteiger partial charge in [0.2, 0.25) is 6.10 Å². The zero-order valence-corrected chi connectivity index (χ0v) is 20.1. The van der Waals surface area contributed by atoms with Crippen LogP contribution in [0.3, 0.4) is 0 Å². The SMILES string of the molecule is COc1ccc(OC)c(C2C(Oc3cccc(C#N)c3)C(=O)N2CC(C)(C)N2CCOCC2)c1. The molecule has 0 aliphatic carbocycles. The maximum atomic E-state index is 13.4. The van der Waals surface area contributed by atoms with Gasteiger partial charge in [-0.3, -0.25) is 9.69 Å². The minimum Gasteiger partial charge on any atom is -0.497 e. The van der Waals surface area contributed by atoms with Gasteiger partial charge in [-0.15, -0.1) is 0 Å². The molecule has 2 atom stereocenters. The first-order valence-corrected chi connectivity index (χ1v) is 11.4. The summed E-state index contributed by atoms with van der Waals surface area (Å²) in [7, 11) is 3.22. The lowest BCUT2D eigenvalue weighted by atomic mass is 9.87. The summed E-state index contributed by atoms with van der Waals surface area (Å²) in [6.07, 6.45) is -0.740. The third kappa shape index (κ3) is 4.67. The molecule has 0 bridgehead atoms. The Morgan fingerprint density at radius 2 is 1.85 bits per heavy atom. The van der Waals surface area contributed by atoms with E-state index in [1.165, 1.54) is 0 Å². The second-order valence-electron chi connectivity index (χ2n) is 9.11. The third-order valence-electron chi connectivity index (χ3n) is 6.56. The largest absolute Gasteiger partial charge is 0.497 e. The summed E-state index contributed by atoms with van der Waals surface area (Å²) in [5.41, 5.74) is 1.04. The molecule has 0 radical (unpaired) electrons. The predicted octanol–water partition coefficient (Wildman–Crippen LogP) is 3.02. The Bertz CT molecular complexity index is 1070. The summed E-state index contributed by atoms with van der Waals surface area (Å²) in [6.45, 7) is 7.84. The fourth-order valence-corrected chi connectivity index (χ4v) is 4.68. The number of benzene rings is 2.